The quantitative estimate of drug-likeness (QED) is 0.867. The van der Waals surface area contributed by atoms with E-state index in [4.69, 9.17) is 0 Å². The van der Waals surface area contributed by atoms with Crippen LogP contribution in [0.4, 0.5) is 0 Å². The Balaban J connectivity index is 1.36. The van der Waals surface area contributed by atoms with Crippen molar-refractivity contribution in [1.82, 2.24) is 19.2 Å². The average Bonchev–Trinajstić information content (AvgIpc) is 2.90. The van der Waals surface area contributed by atoms with Gasteiger partial charge >= 0.3 is 0 Å². The topological polar surface area (TPSA) is 40.9 Å². The summed E-state index contributed by atoms with van der Waals surface area (Å²) in [6, 6.07) is 6.07. The van der Waals surface area contributed by atoms with Crippen molar-refractivity contribution in [1.29, 1.82) is 0 Å². The van der Waals surface area contributed by atoms with E-state index in [0.717, 1.165) is 51.2 Å². The van der Waals surface area contributed by atoms with Gasteiger partial charge in [0.15, 0.2) is 0 Å². The Bertz CT molecular complexity index is 668. The van der Waals surface area contributed by atoms with E-state index in [1.807, 2.05) is 24.4 Å². The normalized spacial score (nSPS) is 20.3. The molecule has 0 radical (unpaired) electrons. The highest BCUT2D eigenvalue weighted by Crippen LogP contribution is 2.28. The molecule has 0 bridgehead atoms. The minimum absolute atomic E-state index is 0.324. The third kappa shape index (κ3) is 2.50. The molecule has 2 aliphatic rings. The maximum Gasteiger partial charge on any atom is 0.225 e. The number of carbonyl (C=O) groups is 1. The van der Waals surface area contributed by atoms with Crippen LogP contribution in [0.2, 0.25) is 0 Å². The van der Waals surface area contributed by atoms with Gasteiger partial charge in [0.25, 0.3) is 0 Å². The summed E-state index contributed by atoms with van der Waals surface area (Å²) in [5.41, 5.74) is 2.21. The second-order valence-electron chi connectivity index (χ2n) is 6.41. The van der Waals surface area contributed by atoms with E-state index in [2.05, 4.69) is 25.4 Å². The maximum absolute atomic E-state index is 12.3. The average molecular weight is 298 g/mol. The van der Waals surface area contributed by atoms with Crippen LogP contribution in [0.25, 0.3) is 5.65 Å². The zero-order valence-electron chi connectivity index (χ0n) is 12.8. The summed E-state index contributed by atoms with van der Waals surface area (Å²) in [5.74, 6) is 0.714. The minimum atomic E-state index is 0.324. The van der Waals surface area contributed by atoms with Crippen LogP contribution in [-0.2, 0) is 11.3 Å². The first-order chi connectivity index (χ1) is 10.8. The van der Waals surface area contributed by atoms with Crippen LogP contribution in [0.5, 0.6) is 0 Å². The SMILES string of the molecule is O=C(C1CCC1)N1CCN(Cc2cnc3ccccn23)CC1. The van der Waals surface area contributed by atoms with Gasteiger partial charge in [-0.05, 0) is 25.0 Å². The molecule has 116 valence electrons. The highest BCUT2D eigenvalue weighted by Gasteiger charge is 2.31. The Morgan fingerprint density at radius 1 is 1.18 bits per heavy atom. The van der Waals surface area contributed by atoms with E-state index in [1.54, 1.807) is 0 Å². The molecular weight excluding hydrogens is 276 g/mol. The van der Waals surface area contributed by atoms with E-state index in [-0.39, 0.29) is 0 Å². The van der Waals surface area contributed by atoms with Gasteiger partial charge in [0.2, 0.25) is 5.91 Å². The van der Waals surface area contributed by atoms with Crippen LogP contribution in [0.1, 0.15) is 25.0 Å². The smallest absolute Gasteiger partial charge is 0.225 e. The molecule has 1 amide bonds. The molecule has 5 nitrogen and oxygen atoms in total. The fourth-order valence-electron chi connectivity index (χ4n) is 3.37. The number of carbonyl (C=O) groups excluding carboxylic acids is 1. The summed E-state index contributed by atoms with van der Waals surface area (Å²) in [4.78, 5) is 21.2. The molecule has 2 aromatic rings. The number of hydrogen-bond acceptors (Lipinski definition) is 3. The number of hydrogen-bond donors (Lipinski definition) is 0. The lowest BCUT2D eigenvalue weighted by Crippen LogP contribution is -2.50. The number of imidazole rings is 1. The lowest BCUT2D eigenvalue weighted by Gasteiger charge is -2.38. The Morgan fingerprint density at radius 3 is 2.73 bits per heavy atom. The summed E-state index contributed by atoms with van der Waals surface area (Å²) in [6.07, 6.45) is 7.45. The summed E-state index contributed by atoms with van der Waals surface area (Å²) < 4.78 is 2.14. The van der Waals surface area contributed by atoms with E-state index < -0.39 is 0 Å². The number of nitrogens with zero attached hydrogens (tertiary/aromatic N) is 4. The summed E-state index contributed by atoms with van der Waals surface area (Å²) in [5, 5.41) is 0. The van der Waals surface area contributed by atoms with Crippen LogP contribution in [0, 0.1) is 5.92 Å². The summed E-state index contributed by atoms with van der Waals surface area (Å²) in [6.45, 7) is 4.55. The van der Waals surface area contributed by atoms with Gasteiger partial charge in [-0.1, -0.05) is 12.5 Å². The number of fused-ring (bicyclic) bond motifs is 1. The van der Waals surface area contributed by atoms with Crippen LogP contribution >= 0.6 is 0 Å². The van der Waals surface area contributed by atoms with Crippen molar-refractivity contribution in [3.8, 4) is 0 Å². The molecule has 1 aliphatic heterocycles. The highest BCUT2D eigenvalue weighted by molar-refractivity contribution is 5.79. The predicted molar refractivity (Wildman–Crippen MR) is 84.4 cm³/mol. The van der Waals surface area contributed by atoms with Crippen molar-refractivity contribution >= 4 is 11.6 Å². The number of amides is 1. The number of pyridine rings is 1. The number of piperazine rings is 1. The fourth-order valence-corrected chi connectivity index (χ4v) is 3.37. The molecule has 1 aliphatic carbocycles. The molecule has 1 saturated carbocycles. The third-order valence-corrected chi connectivity index (χ3v) is 5.02. The highest BCUT2D eigenvalue weighted by atomic mass is 16.2. The fraction of sp³-hybridized carbons (Fsp3) is 0.529. The van der Waals surface area contributed by atoms with Crippen molar-refractivity contribution in [2.75, 3.05) is 26.2 Å². The van der Waals surface area contributed by atoms with Crippen molar-refractivity contribution < 1.29 is 4.79 Å². The number of rotatable bonds is 3. The van der Waals surface area contributed by atoms with Crippen molar-refractivity contribution in [2.24, 2.45) is 5.92 Å². The van der Waals surface area contributed by atoms with Crippen LogP contribution in [0.3, 0.4) is 0 Å². The summed E-state index contributed by atoms with van der Waals surface area (Å²) >= 11 is 0. The Kier molecular flexibility index (Phi) is 3.58. The molecular formula is C17H22N4O. The third-order valence-electron chi connectivity index (χ3n) is 5.02. The Morgan fingerprint density at radius 2 is 2.00 bits per heavy atom. The van der Waals surface area contributed by atoms with E-state index in [9.17, 15) is 4.79 Å². The molecule has 2 fully saturated rings. The van der Waals surface area contributed by atoms with E-state index in [1.165, 1.54) is 12.1 Å². The zero-order valence-corrected chi connectivity index (χ0v) is 12.8. The van der Waals surface area contributed by atoms with Gasteiger partial charge in [0, 0.05) is 44.8 Å². The van der Waals surface area contributed by atoms with E-state index >= 15 is 0 Å². The van der Waals surface area contributed by atoms with Crippen molar-refractivity contribution in [3.63, 3.8) is 0 Å². The van der Waals surface area contributed by atoms with Gasteiger partial charge in [-0.2, -0.15) is 0 Å². The molecule has 0 spiro atoms. The molecule has 1 saturated heterocycles. The molecule has 5 heteroatoms. The first-order valence-corrected chi connectivity index (χ1v) is 8.23. The molecule has 22 heavy (non-hydrogen) atoms. The second-order valence-corrected chi connectivity index (χ2v) is 6.41. The van der Waals surface area contributed by atoms with Crippen LogP contribution in [-0.4, -0.2) is 51.3 Å². The maximum atomic E-state index is 12.3. The van der Waals surface area contributed by atoms with E-state index in [0.29, 0.717) is 11.8 Å². The molecule has 0 atom stereocenters. The molecule has 4 rings (SSSR count). The van der Waals surface area contributed by atoms with Crippen molar-refractivity contribution in [2.45, 2.75) is 25.8 Å². The Labute approximate surface area is 130 Å². The largest absolute Gasteiger partial charge is 0.340 e. The van der Waals surface area contributed by atoms with Gasteiger partial charge in [0.1, 0.15) is 5.65 Å². The van der Waals surface area contributed by atoms with Gasteiger partial charge in [-0.25, -0.2) is 4.98 Å². The summed E-state index contributed by atoms with van der Waals surface area (Å²) in [7, 11) is 0. The van der Waals surface area contributed by atoms with Gasteiger partial charge in [-0.3, -0.25) is 9.69 Å². The van der Waals surface area contributed by atoms with Crippen molar-refractivity contribution in [3.05, 3.63) is 36.3 Å². The monoisotopic (exact) mass is 298 g/mol. The Hall–Kier alpha value is -1.88. The molecule has 0 N–H and O–H groups in total. The first-order valence-electron chi connectivity index (χ1n) is 8.23. The van der Waals surface area contributed by atoms with Gasteiger partial charge in [0.05, 0.1) is 11.9 Å². The molecule has 0 unspecified atom stereocenters. The van der Waals surface area contributed by atoms with Crippen LogP contribution < -0.4 is 0 Å². The lowest BCUT2D eigenvalue weighted by atomic mass is 9.84. The molecule has 2 aromatic heterocycles. The zero-order chi connectivity index (χ0) is 14.9. The standard InChI is InChI=1S/C17H22N4O/c22-17(14-4-3-5-14)20-10-8-19(9-11-20)13-15-12-18-16-6-1-2-7-21(15)16/h1-2,6-7,12,14H,3-5,8-11,13H2. The lowest BCUT2D eigenvalue weighted by molar-refractivity contribution is -0.140. The number of aromatic nitrogens is 2. The molecule has 3 heterocycles. The van der Waals surface area contributed by atoms with Gasteiger partial charge in [-0.15, -0.1) is 0 Å². The molecule has 0 aromatic carbocycles. The van der Waals surface area contributed by atoms with Gasteiger partial charge < -0.3 is 9.30 Å². The second kappa shape index (κ2) is 5.72. The first kappa shape index (κ1) is 13.8. The van der Waals surface area contributed by atoms with Crippen LogP contribution in [0.15, 0.2) is 30.6 Å². The predicted octanol–water partition coefficient (Wildman–Crippen LogP) is 1.78. The minimum Gasteiger partial charge on any atom is -0.340 e.